The number of benzene rings is 2. The number of hydrazone groups is 1. The number of nitrogens with one attached hydrogen (secondary N) is 1. The lowest BCUT2D eigenvalue weighted by molar-refractivity contribution is -0.136. The van der Waals surface area contributed by atoms with E-state index in [0.717, 1.165) is 11.6 Å². The number of halogens is 3. The van der Waals surface area contributed by atoms with Crippen LogP contribution in [0, 0.1) is 0 Å². The van der Waals surface area contributed by atoms with Crippen molar-refractivity contribution in [3.63, 3.8) is 0 Å². The number of anilines is 1. The first-order valence-corrected chi connectivity index (χ1v) is 6.53. The van der Waals surface area contributed by atoms with Gasteiger partial charge in [0.2, 0.25) is 0 Å². The van der Waals surface area contributed by atoms with Crippen LogP contribution in [0.1, 0.15) is 18.1 Å². The Morgan fingerprint density at radius 1 is 1.05 bits per heavy atom. The molecule has 0 aliphatic rings. The van der Waals surface area contributed by atoms with Gasteiger partial charge in [-0.3, -0.25) is 5.43 Å². The third-order valence-corrected chi connectivity index (χ3v) is 3.08. The van der Waals surface area contributed by atoms with Crippen molar-refractivity contribution in [3.05, 3.63) is 59.7 Å². The number of rotatable bonds is 4. The normalized spacial score (nSPS) is 12.1. The molecule has 22 heavy (non-hydrogen) atoms. The summed E-state index contributed by atoms with van der Waals surface area (Å²) in [5.41, 5.74) is 3.01. The van der Waals surface area contributed by atoms with Gasteiger partial charge < -0.3 is 4.74 Å². The van der Waals surface area contributed by atoms with Crippen molar-refractivity contribution in [2.45, 2.75) is 13.1 Å². The standard InChI is InChI=1S/C16H15F3N2O/c1-11(12-7-9-13(22-2)10-8-12)20-21-15-6-4-3-5-14(15)16(17,18)19/h3-10,21H,1-2H3/b20-11+. The van der Waals surface area contributed by atoms with E-state index in [4.69, 9.17) is 4.74 Å². The van der Waals surface area contributed by atoms with Gasteiger partial charge in [0, 0.05) is 0 Å². The topological polar surface area (TPSA) is 33.6 Å². The molecule has 3 nitrogen and oxygen atoms in total. The molecule has 0 bridgehead atoms. The van der Waals surface area contributed by atoms with Crippen LogP contribution in [0.4, 0.5) is 18.9 Å². The quantitative estimate of drug-likeness (QED) is 0.664. The van der Waals surface area contributed by atoms with Crippen LogP contribution in [0.5, 0.6) is 5.75 Å². The van der Waals surface area contributed by atoms with Gasteiger partial charge in [-0.05, 0) is 48.9 Å². The third kappa shape index (κ3) is 3.78. The summed E-state index contributed by atoms with van der Waals surface area (Å²) in [5.74, 6) is 0.701. The molecule has 0 radical (unpaired) electrons. The van der Waals surface area contributed by atoms with E-state index in [2.05, 4.69) is 10.5 Å². The molecule has 6 heteroatoms. The Balaban J connectivity index is 2.20. The second-order valence-corrected chi connectivity index (χ2v) is 4.58. The van der Waals surface area contributed by atoms with E-state index >= 15 is 0 Å². The van der Waals surface area contributed by atoms with Gasteiger partial charge in [0.25, 0.3) is 0 Å². The molecule has 0 aliphatic heterocycles. The number of para-hydroxylation sites is 1. The van der Waals surface area contributed by atoms with Gasteiger partial charge in [0.1, 0.15) is 5.75 Å². The Hall–Kier alpha value is -2.50. The lowest BCUT2D eigenvalue weighted by Crippen LogP contribution is -2.09. The first-order valence-electron chi connectivity index (χ1n) is 6.53. The van der Waals surface area contributed by atoms with E-state index < -0.39 is 11.7 Å². The SMILES string of the molecule is COc1ccc(/C(C)=N/Nc2ccccc2C(F)(F)F)cc1. The van der Waals surface area contributed by atoms with Crippen molar-refractivity contribution >= 4 is 11.4 Å². The van der Waals surface area contributed by atoms with Crippen LogP contribution >= 0.6 is 0 Å². The Morgan fingerprint density at radius 3 is 2.27 bits per heavy atom. The van der Waals surface area contributed by atoms with Crippen molar-refractivity contribution < 1.29 is 17.9 Å². The lowest BCUT2D eigenvalue weighted by Gasteiger charge is -2.12. The van der Waals surface area contributed by atoms with E-state index in [1.54, 1.807) is 38.3 Å². The molecule has 0 aliphatic carbocycles. The van der Waals surface area contributed by atoms with Gasteiger partial charge in [-0.15, -0.1) is 0 Å². The number of methoxy groups -OCH3 is 1. The van der Waals surface area contributed by atoms with Crippen LogP contribution in [0.25, 0.3) is 0 Å². The smallest absolute Gasteiger partial charge is 0.418 e. The maximum absolute atomic E-state index is 12.9. The summed E-state index contributed by atoms with van der Waals surface area (Å²) in [7, 11) is 1.56. The fourth-order valence-electron chi connectivity index (χ4n) is 1.87. The minimum absolute atomic E-state index is 0.0807. The lowest BCUT2D eigenvalue weighted by atomic mass is 10.1. The Morgan fingerprint density at radius 2 is 1.68 bits per heavy atom. The summed E-state index contributed by atoms with van der Waals surface area (Å²) in [4.78, 5) is 0. The average molecular weight is 308 g/mol. The van der Waals surface area contributed by atoms with Crippen molar-refractivity contribution in [1.29, 1.82) is 0 Å². The van der Waals surface area contributed by atoms with E-state index in [0.29, 0.717) is 11.5 Å². The molecule has 0 amide bonds. The molecule has 0 saturated carbocycles. The summed E-state index contributed by atoms with van der Waals surface area (Å²) < 4.78 is 43.7. The zero-order valence-corrected chi connectivity index (χ0v) is 12.1. The highest BCUT2D eigenvalue weighted by Crippen LogP contribution is 2.34. The molecule has 0 spiro atoms. The fraction of sp³-hybridized carbons (Fsp3) is 0.188. The molecular formula is C16H15F3N2O. The highest BCUT2D eigenvalue weighted by Gasteiger charge is 2.33. The largest absolute Gasteiger partial charge is 0.497 e. The molecular weight excluding hydrogens is 293 g/mol. The predicted molar refractivity (Wildman–Crippen MR) is 80.3 cm³/mol. The molecule has 0 saturated heterocycles. The summed E-state index contributed by atoms with van der Waals surface area (Å²) in [5, 5.41) is 4.02. The summed E-state index contributed by atoms with van der Waals surface area (Å²) in [6.45, 7) is 1.71. The molecule has 0 heterocycles. The molecule has 1 N–H and O–H groups in total. The molecule has 0 atom stereocenters. The number of ether oxygens (including phenoxy) is 1. The Labute approximate surface area is 126 Å². The fourth-order valence-corrected chi connectivity index (χ4v) is 1.87. The minimum Gasteiger partial charge on any atom is -0.497 e. The third-order valence-electron chi connectivity index (χ3n) is 3.08. The monoisotopic (exact) mass is 308 g/mol. The van der Waals surface area contributed by atoms with Gasteiger partial charge in [-0.2, -0.15) is 18.3 Å². The predicted octanol–water partition coefficient (Wildman–Crippen LogP) is 4.55. The summed E-state index contributed by atoms with van der Waals surface area (Å²) in [6, 6.07) is 12.3. The van der Waals surface area contributed by atoms with E-state index in [-0.39, 0.29) is 5.69 Å². The van der Waals surface area contributed by atoms with Gasteiger partial charge >= 0.3 is 6.18 Å². The van der Waals surface area contributed by atoms with Gasteiger partial charge in [0.15, 0.2) is 0 Å². The number of nitrogens with zero attached hydrogens (tertiary/aromatic N) is 1. The van der Waals surface area contributed by atoms with E-state index in [1.165, 1.54) is 18.2 Å². The Bertz CT molecular complexity index is 664. The Kier molecular flexibility index (Phi) is 4.70. The van der Waals surface area contributed by atoms with E-state index in [9.17, 15) is 13.2 Å². The summed E-state index contributed by atoms with van der Waals surface area (Å²) >= 11 is 0. The zero-order valence-electron chi connectivity index (χ0n) is 12.1. The molecule has 0 unspecified atom stereocenters. The molecule has 0 aromatic heterocycles. The van der Waals surface area contributed by atoms with Crippen LogP contribution in [0.3, 0.4) is 0 Å². The van der Waals surface area contributed by atoms with Crippen molar-refractivity contribution in [2.24, 2.45) is 5.10 Å². The first kappa shape index (κ1) is 15.9. The van der Waals surface area contributed by atoms with Crippen LogP contribution in [-0.2, 0) is 6.18 Å². The minimum atomic E-state index is -4.42. The zero-order chi connectivity index (χ0) is 16.2. The molecule has 2 rings (SSSR count). The van der Waals surface area contributed by atoms with Gasteiger partial charge in [0.05, 0.1) is 24.1 Å². The number of hydrogen-bond donors (Lipinski definition) is 1. The second kappa shape index (κ2) is 6.51. The van der Waals surface area contributed by atoms with Crippen molar-refractivity contribution in [3.8, 4) is 5.75 Å². The molecule has 116 valence electrons. The summed E-state index contributed by atoms with van der Waals surface area (Å²) in [6.07, 6.45) is -4.42. The second-order valence-electron chi connectivity index (χ2n) is 4.58. The average Bonchev–Trinajstić information content (AvgIpc) is 2.52. The van der Waals surface area contributed by atoms with E-state index in [1.807, 2.05) is 0 Å². The first-order chi connectivity index (χ1) is 10.4. The molecule has 2 aromatic rings. The van der Waals surface area contributed by atoms with Crippen molar-refractivity contribution in [2.75, 3.05) is 12.5 Å². The van der Waals surface area contributed by atoms with Crippen LogP contribution in [0.15, 0.2) is 53.6 Å². The maximum Gasteiger partial charge on any atom is 0.418 e. The van der Waals surface area contributed by atoms with Crippen LogP contribution in [0.2, 0.25) is 0 Å². The molecule has 0 fully saturated rings. The maximum atomic E-state index is 12.9. The van der Waals surface area contributed by atoms with Gasteiger partial charge in [-0.25, -0.2) is 0 Å². The number of hydrogen-bond acceptors (Lipinski definition) is 3. The van der Waals surface area contributed by atoms with Crippen LogP contribution in [-0.4, -0.2) is 12.8 Å². The number of alkyl halides is 3. The van der Waals surface area contributed by atoms with Gasteiger partial charge in [-0.1, -0.05) is 12.1 Å². The van der Waals surface area contributed by atoms with Crippen molar-refractivity contribution in [1.82, 2.24) is 0 Å². The van der Waals surface area contributed by atoms with Crippen LogP contribution < -0.4 is 10.2 Å². The highest BCUT2D eigenvalue weighted by molar-refractivity contribution is 5.99. The highest BCUT2D eigenvalue weighted by atomic mass is 19.4. The molecule has 2 aromatic carbocycles.